The molecule has 7 nitrogen and oxygen atoms in total. The van der Waals surface area contributed by atoms with Crippen molar-refractivity contribution in [3.05, 3.63) is 52.8 Å². The van der Waals surface area contributed by atoms with E-state index in [0.29, 0.717) is 0 Å². The number of aromatic hydroxyl groups is 1. The molecule has 0 saturated heterocycles. The molecule has 1 heterocycles. The molecule has 0 aliphatic rings. The van der Waals surface area contributed by atoms with Gasteiger partial charge in [0, 0.05) is 18.2 Å². The summed E-state index contributed by atoms with van der Waals surface area (Å²) in [6, 6.07) is 6.31. The zero-order valence-corrected chi connectivity index (χ0v) is 17.8. The molecule has 0 unspecified atom stereocenters. The number of nitrogens with one attached hydrogen (secondary N) is 1. The van der Waals surface area contributed by atoms with Crippen LogP contribution >= 0.6 is 11.6 Å². The monoisotopic (exact) mass is 420 g/mol. The van der Waals surface area contributed by atoms with Crippen molar-refractivity contribution in [2.75, 3.05) is 7.11 Å². The highest BCUT2D eigenvalue weighted by atomic mass is 35.5. The molecule has 29 heavy (non-hydrogen) atoms. The van der Waals surface area contributed by atoms with E-state index in [4.69, 9.17) is 21.1 Å². The number of ether oxygens (including phenoxy) is 2. The fraction of sp³-hybridized carbons (Fsp3) is 0.381. The van der Waals surface area contributed by atoms with Crippen LogP contribution in [-0.2, 0) is 9.53 Å². The molecule has 0 aliphatic carbocycles. The van der Waals surface area contributed by atoms with Gasteiger partial charge in [0.25, 0.3) is 5.91 Å². The summed E-state index contributed by atoms with van der Waals surface area (Å²) in [6.07, 6.45) is 1.32. The van der Waals surface area contributed by atoms with Gasteiger partial charge in [0.2, 0.25) is 0 Å². The summed E-state index contributed by atoms with van der Waals surface area (Å²) in [4.78, 5) is 28.6. The summed E-state index contributed by atoms with van der Waals surface area (Å²) in [5.41, 5.74) is 1.96. The number of carbonyl (C=O) groups excluding carboxylic acids is 2. The fourth-order valence-corrected chi connectivity index (χ4v) is 3.30. The van der Waals surface area contributed by atoms with E-state index >= 15 is 0 Å². The van der Waals surface area contributed by atoms with Gasteiger partial charge in [0.05, 0.1) is 7.11 Å². The van der Waals surface area contributed by atoms with Gasteiger partial charge >= 0.3 is 5.97 Å². The number of rotatable bonds is 7. The van der Waals surface area contributed by atoms with Gasteiger partial charge in [-0.3, -0.25) is 4.79 Å². The van der Waals surface area contributed by atoms with Crippen LogP contribution in [0.5, 0.6) is 11.5 Å². The maximum absolute atomic E-state index is 12.4. The molecule has 3 atom stereocenters. The summed E-state index contributed by atoms with van der Waals surface area (Å²) in [5, 5.41) is 12.5. The first kappa shape index (κ1) is 22.5. The fourth-order valence-electron chi connectivity index (χ4n) is 3.08. The number of carbonyl (C=O) groups is 2. The Bertz CT molecular complexity index is 882. The van der Waals surface area contributed by atoms with E-state index in [9.17, 15) is 14.7 Å². The van der Waals surface area contributed by atoms with Crippen LogP contribution in [-0.4, -0.2) is 40.7 Å². The minimum Gasteiger partial charge on any atom is -0.503 e. The Morgan fingerprint density at radius 2 is 1.79 bits per heavy atom. The van der Waals surface area contributed by atoms with E-state index < -0.39 is 29.2 Å². The van der Waals surface area contributed by atoms with Crippen LogP contribution in [0, 0.1) is 13.8 Å². The second-order valence-electron chi connectivity index (χ2n) is 6.79. The Balaban J connectivity index is 2.04. The quantitative estimate of drug-likeness (QED) is 0.526. The lowest BCUT2D eigenvalue weighted by Gasteiger charge is -2.24. The summed E-state index contributed by atoms with van der Waals surface area (Å²) >= 11 is 6.34. The van der Waals surface area contributed by atoms with Crippen molar-refractivity contribution >= 4 is 23.5 Å². The number of hydrogen-bond acceptors (Lipinski definition) is 6. The predicted molar refractivity (Wildman–Crippen MR) is 109 cm³/mol. The highest BCUT2D eigenvalue weighted by molar-refractivity contribution is 6.20. The molecule has 1 amide bonds. The Morgan fingerprint density at radius 1 is 1.17 bits per heavy atom. The van der Waals surface area contributed by atoms with Crippen molar-refractivity contribution in [2.45, 2.75) is 45.2 Å². The molecule has 2 aromatic rings. The van der Waals surface area contributed by atoms with Crippen molar-refractivity contribution in [1.82, 2.24) is 10.3 Å². The number of amides is 1. The Morgan fingerprint density at radius 3 is 2.38 bits per heavy atom. The predicted octanol–water partition coefficient (Wildman–Crippen LogP) is 3.44. The molecule has 1 aromatic carbocycles. The number of halogens is 1. The summed E-state index contributed by atoms with van der Waals surface area (Å²) in [7, 11) is 1.36. The topological polar surface area (TPSA) is 97.8 Å². The SMILES string of the molecule is COc1ccnc(C(=O)N[C@@H](C)C(=O)O[C@@H](Cl)[C@@H](C)c2c(C)cccc2C)c1O. The van der Waals surface area contributed by atoms with Crippen LogP contribution in [0.2, 0.25) is 0 Å². The molecular weight excluding hydrogens is 396 g/mol. The van der Waals surface area contributed by atoms with Gasteiger partial charge < -0.3 is 19.9 Å². The summed E-state index contributed by atoms with van der Waals surface area (Å²) < 4.78 is 10.3. The Hall–Kier alpha value is -2.80. The summed E-state index contributed by atoms with van der Waals surface area (Å²) in [6.45, 7) is 7.29. The Kier molecular flexibility index (Phi) is 7.45. The number of pyridine rings is 1. The average Bonchev–Trinajstić information content (AvgIpc) is 2.67. The number of esters is 1. The molecule has 0 aliphatic heterocycles. The second-order valence-corrected chi connectivity index (χ2v) is 7.22. The number of nitrogens with zero attached hydrogens (tertiary/aromatic N) is 1. The molecule has 1 aromatic heterocycles. The van der Waals surface area contributed by atoms with Crippen LogP contribution in [0.25, 0.3) is 0 Å². The van der Waals surface area contributed by atoms with Gasteiger partial charge in [-0.05, 0) is 37.5 Å². The third-order valence-corrected chi connectivity index (χ3v) is 5.11. The molecular formula is C21H25ClN2O5. The largest absolute Gasteiger partial charge is 0.503 e. The second kappa shape index (κ2) is 9.60. The average molecular weight is 421 g/mol. The molecule has 0 fully saturated rings. The first-order chi connectivity index (χ1) is 13.7. The van der Waals surface area contributed by atoms with Crippen molar-refractivity contribution in [1.29, 1.82) is 0 Å². The van der Waals surface area contributed by atoms with Gasteiger partial charge in [-0.1, -0.05) is 36.7 Å². The van der Waals surface area contributed by atoms with Crippen molar-refractivity contribution < 1.29 is 24.2 Å². The third-order valence-electron chi connectivity index (χ3n) is 4.64. The molecule has 0 bridgehead atoms. The smallest absolute Gasteiger partial charge is 0.329 e. The lowest BCUT2D eigenvalue weighted by Crippen LogP contribution is -2.41. The van der Waals surface area contributed by atoms with Gasteiger partial charge in [0.15, 0.2) is 22.8 Å². The minimum absolute atomic E-state index is 0.101. The van der Waals surface area contributed by atoms with E-state index in [2.05, 4.69) is 10.3 Å². The molecule has 8 heteroatoms. The first-order valence-corrected chi connectivity index (χ1v) is 9.54. The summed E-state index contributed by atoms with van der Waals surface area (Å²) in [5.74, 6) is -1.98. The molecule has 2 N–H and O–H groups in total. The minimum atomic E-state index is -0.999. The van der Waals surface area contributed by atoms with Gasteiger partial charge in [-0.2, -0.15) is 0 Å². The van der Waals surface area contributed by atoms with E-state index in [1.165, 1.54) is 26.3 Å². The molecule has 2 rings (SSSR count). The van der Waals surface area contributed by atoms with Gasteiger partial charge in [0.1, 0.15) is 6.04 Å². The third kappa shape index (κ3) is 5.17. The number of aromatic nitrogens is 1. The Labute approximate surface area is 175 Å². The molecule has 156 valence electrons. The maximum atomic E-state index is 12.4. The number of hydrogen-bond donors (Lipinski definition) is 2. The molecule has 0 spiro atoms. The van der Waals surface area contributed by atoms with Gasteiger partial charge in [-0.15, -0.1) is 0 Å². The molecule has 0 radical (unpaired) electrons. The lowest BCUT2D eigenvalue weighted by atomic mass is 9.92. The van der Waals surface area contributed by atoms with Crippen LogP contribution in [0.4, 0.5) is 0 Å². The van der Waals surface area contributed by atoms with Gasteiger partial charge in [-0.25, -0.2) is 9.78 Å². The zero-order chi connectivity index (χ0) is 21.7. The number of aryl methyl sites for hydroxylation is 2. The van der Waals surface area contributed by atoms with Crippen LogP contribution in [0.15, 0.2) is 30.5 Å². The highest BCUT2D eigenvalue weighted by Gasteiger charge is 2.27. The van der Waals surface area contributed by atoms with Crippen LogP contribution < -0.4 is 10.1 Å². The van der Waals surface area contributed by atoms with E-state index in [-0.39, 0.29) is 17.4 Å². The van der Waals surface area contributed by atoms with E-state index in [1.54, 1.807) is 0 Å². The normalized spacial score (nSPS) is 13.9. The standard InChI is InChI=1S/C21H25ClN2O5/c1-11-7-6-8-12(2)16(11)13(3)19(22)29-21(27)14(4)24-20(26)17-18(25)15(28-5)9-10-23-17/h6-10,13-14,19,25H,1-5H3,(H,24,26)/t13-,14-,19+/m0/s1. The first-order valence-electron chi connectivity index (χ1n) is 9.10. The molecule has 0 saturated carbocycles. The number of alkyl halides is 1. The zero-order valence-electron chi connectivity index (χ0n) is 17.0. The van der Waals surface area contributed by atoms with Crippen molar-refractivity contribution in [2.24, 2.45) is 0 Å². The maximum Gasteiger partial charge on any atom is 0.329 e. The van der Waals surface area contributed by atoms with E-state index in [1.807, 2.05) is 39.0 Å². The van der Waals surface area contributed by atoms with Crippen molar-refractivity contribution in [3.63, 3.8) is 0 Å². The van der Waals surface area contributed by atoms with Crippen LogP contribution in [0.1, 0.15) is 46.9 Å². The highest BCUT2D eigenvalue weighted by Crippen LogP contribution is 2.30. The number of methoxy groups -OCH3 is 1. The number of benzene rings is 1. The van der Waals surface area contributed by atoms with E-state index in [0.717, 1.165) is 16.7 Å². The van der Waals surface area contributed by atoms with Crippen molar-refractivity contribution in [3.8, 4) is 11.5 Å². The lowest BCUT2D eigenvalue weighted by molar-refractivity contribution is -0.148. The van der Waals surface area contributed by atoms with Crippen LogP contribution in [0.3, 0.4) is 0 Å².